The zero-order chi connectivity index (χ0) is 16.9. The van der Waals surface area contributed by atoms with Crippen LogP contribution in [0.5, 0.6) is 0 Å². The van der Waals surface area contributed by atoms with Gasteiger partial charge >= 0.3 is 11.7 Å². The Hall–Kier alpha value is -2.97. The minimum absolute atomic E-state index is 0.0699. The van der Waals surface area contributed by atoms with Crippen LogP contribution in [-0.2, 0) is 0 Å². The van der Waals surface area contributed by atoms with Crippen molar-refractivity contribution in [3.63, 3.8) is 0 Å². The number of nitrogens with one attached hydrogen (secondary N) is 2. The SMILES string of the molecule is O=C(Nc1ccncc1[N+](=O)[O-])N[C@H]1CCCC[C@H]1n1cccn1. The molecule has 2 amide bonds. The summed E-state index contributed by atoms with van der Waals surface area (Å²) >= 11 is 0. The molecule has 0 saturated heterocycles. The smallest absolute Gasteiger partial charge is 0.319 e. The molecule has 0 aromatic carbocycles. The monoisotopic (exact) mass is 330 g/mol. The molecule has 0 aliphatic heterocycles. The van der Waals surface area contributed by atoms with Crippen LogP contribution in [0.25, 0.3) is 0 Å². The summed E-state index contributed by atoms with van der Waals surface area (Å²) in [6.45, 7) is 0. The highest BCUT2D eigenvalue weighted by Crippen LogP contribution is 2.28. The molecule has 2 heterocycles. The number of urea groups is 1. The summed E-state index contributed by atoms with van der Waals surface area (Å²) in [5.74, 6) is 0. The second-order valence-electron chi connectivity index (χ2n) is 5.69. The lowest BCUT2D eigenvalue weighted by Crippen LogP contribution is -2.45. The normalized spacial score (nSPS) is 20.3. The van der Waals surface area contributed by atoms with Gasteiger partial charge in [0.25, 0.3) is 0 Å². The molecule has 2 N–H and O–H groups in total. The quantitative estimate of drug-likeness (QED) is 0.660. The molecule has 1 saturated carbocycles. The van der Waals surface area contributed by atoms with Gasteiger partial charge in [0.15, 0.2) is 0 Å². The Morgan fingerprint density at radius 3 is 2.92 bits per heavy atom. The fourth-order valence-corrected chi connectivity index (χ4v) is 3.04. The van der Waals surface area contributed by atoms with Gasteiger partial charge in [-0.2, -0.15) is 5.10 Å². The summed E-state index contributed by atoms with van der Waals surface area (Å²) in [5, 5.41) is 20.7. The topological polar surface area (TPSA) is 115 Å². The van der Waals surface area contributed by atoms with E-state index < -0.39 is 11.0 Å². The van der Waals surface area contributed by atoms with Crippen molar-refractivity contribution in [1.82, 2.24) is 20.1 Å². The fraction of sp³-hybridized carbons (Fsp3) is 0.400. The van der Waals surface area contributed by atoms with Crippen LogP contribution in [-0.4, -0.2) is 31.8 Å². The Bertz CT molecular complexity index is 718. The van der Waals surface area contributed by atoms with E-state index >= 15 is 0 Å². The highest BCUT2D eigenvalue weighted by atomic mass is 16.6. The zero-order valence-electron chi connectivity index (χ0n) is 13.0. The van der Waals surface area contributed by atoms with Crippen LogP contribution in [0.2, 0.25) is 0 Å². The first-order valence-electron chi connectivity index (χ1n) is 7.80. The van der Waals surface area contributed by atoms with Gasteiger partial charge in [0.2, 0.25) is 0 Å². The van der Waals surface area contributed by atoms with E-state index in [4.69, 9.17) is 0 Å². The van der Waals surface area contributed by atoms with Crippen LogP contribution in [0.15, 0.2) is 36.9 Å². The molecule has 9 nitrogen and oxygen atoms in total. The van der Waals surface area contributed by atoms with Gasteiger partial charge in [0.05, 0.1) is 17.0 Å². The number of anilines is 1. The largest absolute Gasteiger partial charge is 0.333 e. The Kier molecular flexibility index (Phi) is 4.69. The number of carbonyl (C=O) groups excluding carboxylic acids is 1. The van der Waals surface area contributed by atoms with E-state index in [-0.39, 0.29) is 23.5 Å². The number of rotatable bonds is 4. The van der Waals surface area contributed by atoms with E-state index in [9.17, 15) is 14.9 Å². The Balaban J connectivity index is 1.69. The van der Waals surface area contributed by atoms with E-state index in [0.717, 1.165) is 31.9 Å². The molecule has 1 aliphatic rings. The lowest BCUT2D eigenvalue weighted by molar-refractivity contribution is -0.384. The summed E-state index contributed by atoms with van der Waals surface area (Å²) in [4.78, 5) is 26.4. The molecule has 0 spiro atoms. The molecular formula is C15H18N6O3. The second-order valence-corrected chi connectivity index (χ2v) is 5.69. The highest BCUT2D eigenvalue weighted by molar-refractivity contribution is 5.91. The highest BCUT2D eigenvalue weighted by Gasteiger charge is 2.28. The van der Waals surface area contributed by atoms with Gasteiger partial charge in [0.1, 0.15) is 11.9 Å². The Labute approximate surface area is 138 Å². The first-order valence-corrected chi connectivity index (χ1v) is 7.80. The molecule has 3 rings (SSSR count). The number of pyridine rings is 1. The van der Waals surface area contributed by atoms with E-state index in [1.54, 1.807) is 6.20 Å². The van der Waals surface area contributed by atoms with Crippen molar-refractivity contribution < 1.29 is 9.72 Å². The van der Waals surface area contributed by atoms with Crippen molar-refractivity contribution in [2.75, 3.05) is 5.32 Å². The molecule has 0 radical (unpaired) electrons. The third kappa shape index (κ3) is 3.50. The van der Waals surface area contributed by atoms with Crippen molar-refractivity contribution in [3.05, 3.63) is 47.0 Å². The maximum absolute atomic E-state index is 12.3. The molecule has 2 atom stereocenters. The van der Waals surface area contributed by atoms with Gasteiger partial charge in [-0.3, -0.25) is 19.8 Å². The fourth-order valence-electron chi connectivity index (χ4n) is 3.04. The lowest BCUT2D eigenvalue weighted by Gasteiger charge is -2.32. The first kappa shape index (κ1) is 15.9. The van der Waals surface area contributed by atoms with Crippen molar-refractivity contribution in [2.24, 2.45) is 0 Å². The van der Waals surface area contributed by atoms with Crippen LogP contribution >= 0.6 is 0 Å². The maximum atomic E-state index is 12.3. The van der Waals surface area contributed by atoms with Crippen LogP contribution in [0.4, 0.5) is 16.2 Å². The summed E-state index contributed by atoms with van der Waals surface area (Å²) < 4.78 is 1.86. The van der Waals surface area contributed by atoms with Crippen LogP contribution in [0.3, 0.4) is 0 Å². The number of hydrogen-bond donors (Lipinski definition) is 2. The van der Waals surface area contributed by atoms with Gasteiger partial charge < -0.3 is 10.6 Å². The van der Waals surface area contributed by atoms with Crippen LogP contribution < -0.4 is 10.6 Å². The molecule has 0 unspecified atom stereocenters. The average molecular weight is 330 g/mol. The number of aromatic nitrogens is 3. The number of amides is 2. The van der Waals surface area contributed by atoms with Crippen LogP contribution in [0.1, 0.15) is 31.7 Å². The van der Waals surface area contributed by atoms with Crippen molar-refractivity contribution in [3.8, 4) is 0 Å². The first-order chi connectivity index (χ1) is 11.6. The minimum Gasteiger partial charge on any atom is -0.333 e. The van der Waals surface area contributed by atoms with E-state index in [2.05, 4.69) is 20.7 Å². The molecule has 24 heavy (non-hydrogen) atoms. The molecule has 2 aromatic heterocycles. The average Bonchev–Trinajstić information content (AvgIpc) is 3.10. The predicted octanol–water partition coefficient (Wildman–Crippen LogP) is 2.49. The number of nitro groups is 1. The van der Waals surface area contributed by atoms with Crippen molar-refractivity contribution >= 4 is 17.4 Å². The number of nitrogens with zero attached hydrogens (tertiary/aromatic N) is 4. The maximum Gasteiger partial charge on any atom is 0.319 e. The Morgan fingerprint density at radius 1 is 1.33 bits per heavy atom. The standard InChI is InChI=1S/C15H18N6O3/c22-15(19-12-6-8-16-10-14(12)21(23)24)18-11-4-1-2-5-13(11)20-9-3-7-17-20/h3,6-11,13H,1-2,4-5H2,(H2,16,18,19,22)/t11-,13+/m0/s1. The third-order valence-electron chi connectivity index (χ3n) is 4.16. The van der Waals surface area contributed by atoms with Gasteiger partial charge in [-0.15, -0.1) is 0 Å². The van der Waals surface area contributed by atoms with Crippen LogP contribution in [0, 0.1) is 10.1 Å². The summed E-state index contributed by atoms with van der Waals surface area (Å²) in [6.07, 6.45) is 10.00. The van der Waals surface area contributed by atoms with E-state index in [1.165, 1.54) is 12.3 Å². The summed E-state index contributed by atoms with van der Waals surface area (Å²) in [7, 11) is 0. The van der Waals surface area contributed by atoms with Crippen molar-refractivity contribution in [2.45, 2.75) is 37.8 Å². The molecule has 1 fully saturated rings. The molecular weight excluding hydrogens is 312 g/mol. The van der Waals surface area contributed by atoms with Gasteiger partial charge in [-0.1, -0.05) is 12.8 Å². The van der Waals surface area contributed by atoms with Gasteiger partial charge in [-0.25, -0.2) is 4.79 Å². The number of hydrogen-bond acceptors (Lipinski definition) is 5. The van der Waals surface area contributed by atoms with E-state index in [0.29, 0.717) is 0 Å². The summed E-state index contributed by atoms with van der Waals surface area (Å²) in [6, 6.07) is 2.81. The Morgan fingerprint density at radius 2 is 2.17 bits per heavy atom. The molecule has 0 bridgehead atoms. The molecule has 9 heteroatoms. The summed E-state index contributed by atoms with van der Waals surface area (Å²) in [5.41, 5.74) is -0.112. The molecule has 2 aromatic rings. The zero-order valence-corrected chi connectivity index (χ0v) is 13.0. The second kappa shape index (κ2) is 7.07. The van der Waals surface area contributed by atoms with E-state index in [1.807, 2.05) is 16.9 Å². The predicted molar refractivity (Wildman–Crippen MR) is 86.6 cm³/mol. The van der Waals surface area contributed by atoms with Gasteiger partial charge in [0, 0.05) is 18.6 Å². The lowest BCUT2D eigenvalue weighted by atomic mass is 9.90. The van der Waals surface area contributed by atoms with Gasteiger partial charge in [-0.05, 0) is 25.0 Å². The minimum atomic E-state index is -0.574. The number of carbonyl (C=O) groups is 1. The molecule has 1 aliphatic carbocycles. The molecule has 126 valence electrons. The third-order valence-corrected chi connectivity index (χ3v) is 4.16. The van der Waals surface area contributed by atoms with Crippen molar-refractivity contribution in [1.29, 1.82) is 0 Å².